The van der Waals surface area contributed by atoms with Crippen LogP contribution in [0.25, 0.3) is 0 Å². The van der Waals surface area contributed by atoms with Crippen LogP contribution in [-0.2, 0) is 4.79 Å². The van der Waals surface area contributed by atoms with Crippen molar-refractivity contribution in [2.45, 2.75) is 0 Å². The molecule has 7 heteroatoms. The highest BCUT2D eigenvalue weighted by Gasteiger charge is 2.23. The fourth-order valence-electron chi connectivity index (χ4n) is 1.96. The molecule has 1 aromatic carbocycles. The first kappa shape index (κ1) is 12.5. The van der Waals surface area contributed by atoms with Crippen LogP contribution in [0.5, 0.6) is 0 Å². The van der Waals surface area contributed by atoms with E-state index in [4.69, 9.17) is 23.1 Å². The number of nitrogens with one attached hydrogen (secondary N) is 1. The van der Waals surface area contributed by atoms with Crippen LogP contribution in [0.1, 0.15) is 10.4 Å². The topological polar surface area (TPSA) is 101 Å². The Bertz CT molecular complexity index is 518. The molecular weight excluding hydrogens is 256 g/mol. The van der Waals surface area contributed by atoms with Gasteiger partial charge in [0.1, 0.15) is 0 Å². The maximum atomic E-state index is 11.4. The van der Waals surface area contributed by atoms with E-state index in [1.807, 2.05) is 0 Å². The van der Waals surface area contributed by atoms with Gasteiger partial charge in [-0.3, -0.25) is 9.59 Å². The number of primary amides is 1. The summed E-state index contributed by atoms with van der Waals surface area (Å²) in [4.78, 5) is 24.5. The van der Waals surface area contributed by atoms with E-state index in [0.717, 1.165) is 0 Å². The van der Waals surface area contributed by atoms with Crippen LogP contribution in [0.2, 0.25) is 5.02 Å². The minimum atomic E-state index is -0.620. The Labute approximate surface area is 109 Å². The molecule has 0 aromatic heterocycles. The molecule has 1 saturated heterocycles. The number of piperazine rings is 1. The van der Waals surface area contributed by atoms with E-state index in [1.165, 1.54) is 12.1 Å². The van der Waals surface area contributed by atoms with Crippen LogP contribution in [0.3, 0.4) is 0 Å². The molecule has 0 aliphatic carbocycles. The molecule has 96 valence electrons. The number of rotatable bonds is 2. The van der Waals surface area contributed by atoms with Crippen LogP contribution in [-0.4, -0.2) is 31.4 Å². The van der Waals surface area contributed by atoms with Gasteiger partial charge in [0, 0.05) is 18.8 Å². The van der Waals surface area contributed by atoms with E-state index in [2.05, 4.69) is 5.32 Å². The van der Waals surface area contributed by atoms with Crippen LogP contribution in [0, 0.1) is 0 Å². The smallest absolute Gasteiger partial charge is 0.250 e. The largest absolute Gasteiger partial charge is 0.399 e. The first-order valence-electron chi connectivity index (χ1n) is 5.39. The fourth-order valence-corrected chi connectivity index (χ4v) is 2.31. The summed E-state index contributed by atoms with van der Waals surface area (Å²) in [5.74, 6) is -0.741. The van der Waals surface area contributed by atoms with Crippen molar-refractivity contribution < 1.29 is 9.59 Å². The molecule has 1 aromatic rings. The van der Waals surface area contributed by atoms with Crippen molar-refractivity contribution in [2.75, 3.05) is 30.3 Å². The van der Waals surface area contributed by atoms with Crippen molar-refractivity contribution in [3.63, 3.8) is 0 Å². The van der Waals surface area contributed by atoms with Gasteiger partial charge in [0.15, 0.2) is 0 Å². The quantitative estimate of drug-likeness (QED) is 0.655. The summed E-state index contributed by atoms with van der Waals surface area (Å²) < 4.78 is 0. The molecule has 0 saturated carbocycles. The second kappa shape index (κ2) is 4.73. The first-order valence-corrected chi connectivity index (χ1v) is 5.77. The molecule has 0 unspecified atom stereocenters. The second-order valence-electron chi connectivity index (χ2n) is 4.03. The average Bonchev–Trinajstić information content (AvgIpc) is 2.27. The zero-order valence-electron chi connectivity index (χ0n) is 9.57. The molecule has 18 heavy (non-hydrogen) atoms. The van der Waals surface area contributed by atoms with Crippen LogP contribution < -0.4 is 21.7 Å². The molecule has 1 aliphatic rings. The molecule has 6 nitrogen and oxygen atoms in total. The van der Waals surface area contributed by atoms with E-state index in [-0.39, 0.29) is 18.0 Å². The number of carbonyl (C=O) groups excluding carboxylic acids is 2. The number of hydrogen-bond acceptors (Lipinski definition) is 4. The number of carbonyl (C=O) groups is 2. The zero-order chi connectivity index (χ0) is 13.3. The van der Waals surface area contributed by atoms with Gasteiger partial charge in [0.2, 0.25) is 5.91 Å². The van der Waals surface area contributed by atoms with Crippen LogP contribution in [0.4, 0.5) is 11.4 Å². The maximum absolute atomic E-state index is 11.4. The monoisotopic (exact) mass is 268 g/mol. The van der Waals surface area contributed by atoms with Crippen LogP contribution in [0.15, 0.2) is 12.1 Å². The van der Waals surface area contributed by atoms with E-state index >= 15 is 0 Å². The van der Waals surface area contributed by atoms with E-state index in [9.17, 15) is 9.59 Å². The zero-order valence-corrected chi connectivity index (χ0v) is 10.3. The SMILES string of the molecule is NC(=O)c1cc(N)cc(Cl)c1N1CCNC(=O)C1. The molecule has 2 amide bonds. The van der Waals surface area contributed by atoms with Gasteiger partial charge in [-0.05, 0) is 12.1 Å². The lowest BCUT2D eigenvalue weighted by molar-refractivity contribution is -0.120. The van der Waals surface area contributed by atoms with Crippen LogP contribution >= 0.6 is 11.6 Å². The number of anilines is 2. The number of nitrogen functional groups attached to an aromatic ring is 1. The molecule has 1 heterocycles. The number of hydrogen-bond donors (Lipinski definition) is 3. The number of nitrogens with zero attached hydrogens (tertiary/aromatic N) is 1. The van der Waals surface area contributed by atoms with Gasteiger partial charge in [-0.1, -0.05) is 11.6 Å². The van der Waals surface area contributed by atoms with Gasteiger partial charge in [0.25, 0.3) is 5.91 Å². The number of amides is 2. The van der Waals surface area contributed by atoms with Crippen molar-refractivity contribution in [3.05, 3.63) is 22.7 Å². The molecule has 1 fully saturated rings. The average molecular weight is 269 g/mol. The van der Waals surface area contributed by atoms with Crippen molar-refractivity contribution >= 4 is 34.8 Å². The van der Waals surface area contributed by atoms with E-state index in [1.54, 1.807) is 4.90 Å². The first-order chi connectivity index (χ1) is 8.49. The van der Waals surface area contributed by atoms with Gasteiger partial charge in [-0.2, -0.15) is 0 Å². The Morgan fingerprint density at radius 2 is 2.17 bits per heavy atom. The second-order valence-corrected chi connectivity index (χ2v) is 4.44. The Morgan fingerprint density at radius 1 is 1.44 bits per heavy atom. The lowest BCUT2D eigenvalue weighted by Crippen LogP contribution is -2.48. The third-order valence-corrected chi connectivity index (χ3v) is 2.99. The molecule has 5 N–H and O–H groups in total. The normalized spacial score (nSPS) is 15.4. The molecule has 1 aliphatic heterocycles. The van der Waals surface area contributed by atoms with Gasteiger partial charge >= 0.3 is 0 Å². The predicted molar refractivity (Wildman–Crippen MR) is 69.6 cm³/mol. The van der Waals surface area contributed by atoms with Gasteiger partial charge < -0.3 is 21.7 Å². The lowest BCUT2D eigenvalue weighted by atomic mass is 10.1. The predicted octanol–water partition coefficient (Wildman–Crippen LogP) is -0.0427. The van der Waals surface area contributed by atoms with Crippen molar-refractivity contribution in [1.29, 1.82) is 0 Å². The van der Waals surface area contributed by atoms with Crippen molar-refractivity contribution in [3.8, 4) is 0 Å². The van der Waals surface area contributed by atoms with Gasteiger partial charge in [-0.15, -0.1) is 0 Å². The molecule has 0 spiro atoms. The number of halogens is 1. The molecular formula is C11H13ClN4O2. The molecule has 2 rings (SSSR count). The number of benzene rings is 1. The summed E-state index contributed by atoms with van der Waals surface area (Å²) in [7, 11) is 0. The lowest BCUT2D eigenvalue weighted by Gasteiger charge is -2.30. The van der Waals surface area contributed by atoms with E-state index < -0.39 is 5.91 Å². The third-order valence-electron chi connectivity index (χ3n) is 2.71. The van der Waals surface area contributed by atoms with E-state index in [0.29, 0.717) is 29.5 Å². The molecule has 0 radical (unpaired) electrons. The summed E-state index contributed by atoms with van der Waals surface area (Å²) in [6.45, 7) is 1.21. The maximum Gasteiger partial charge on any atom is 0.250 e. The Kier molecular flexibility index (Phi) is 3.29. The summed E-state index contributed by atoms with van der Waals surface area (Å²) >= 11 is 6.10. The fraction of sp³-hybridized carbons (Fsp3) is 0.273. The highest BCUT2D eigenvalue weighted by Crippen LogP contribution is 2.32. The van der Waals surface area contributed by atoms with Gasteiger partial charge in [0.05, 0.1) is 22.8 Å². The Morgan fingerprint density at radius 3 is 2.78 bits per heavy atom. The summed E-state index contributed by atoms with van der Waals surface area (Å²) in [6, 6.07) is 3.01. The molecule has 0 atom stereocenters. The Hall–Kier alpha value is -1.95. The summed E-state index contributed by atoms with van der Waals surface area (Å²) in [5.41, 5.74) is 12.0. The highest BCUT2D eigenvalue weighted by molar-refractivity contribution is 6.34. The minimum Gasteiger partial charge on any atom is -0.399 e. The minimum absolute atomic E-state index is 0.121. The van der Waals surface area contributed by atoms with Gasteiger partial charge in [-0.25, -0.2) is 0 Å². The standard InChI is InChI=1S/C11H13ClN4O2/c12-8-4-6(13)3-7(11(14)18)10(8)16-2-1-15-9(17)5-16/h3-4H,1-2,5,13H2,(H2,14,18)(H,15,17). The summed E-state index contributed by atoms with van der Waals surface area (Å²) in [6.07, 6.45) is 0. The Balaban J connectivity index is 2.48. The molecule has 0 bridgehead atoms. The van der Waals surface area contributed by atoms with Crippen molar-refractivity contribution in [1.82, 2.24) is 5.32 Å². The third kappa shape index (κ3) is 2.33. The summed E-state index contributed by atoms with van der Waals surface area (Å²) in [5, 5.41) is 3.01. The number of nitrogens with two attached hydrogens (primary N) is 2. The van der Waals surface area contributed by atoms with Crippen molar-refractivity contribution in [2.24, 2.45) is 5.73 Å². The highest BCUT2D eigenvalue weighted by atomic mass is 35.5.